The monoisotopic (exact) mass is 253 g/mol. The lowest BCUT2D eigenvalue weighted by atomic mass is 9.90. The van der Waals surface area contributed by atoms with Crippen LogP contribution in [0.5, 0.6) is 5.75 Å². The summed E-state index contributed by atoms with van der Waals surface area (Å²) in [5.74, 6) is 0.0913. The van der Waals surface area contributed by atoms with Crippen LogP contribution in [-0.2, 0) is 6.42 Å². The molecule has 0 aliphatic carbocycles. The number of benzene rings is 1. The Labute approximate surface area is 107 Å². The van der Waals surface area contributed by atoms with Crippen molar-refractivity contribution in [1.82, 2.24) is 5.32 Å². The molecule has 1 fully saturated rings. The summed E-state index contributed by atoms with van der Waals surface area (Å²) in [5.41, 5.74) is 0.521. The first-order valence-electron chi connectivity index (χ1n) is 6.42. The van der Waals surface area contributed by atoms with Crippen molar-refractivity contribution in [3.8, 4) is 5.75 Å². The number of hydrogen-bond donors (Lipinski definition) is 2. The summed E-state index contributed by atoms with van der Waals surface area (Å²) in [6.45, 7) is 1.82. The van der Waals surface area contributed by atoms with Crippen LogP contribution in [0.25, 0.3) is 0 Å². The maximum atomic E-state index is 13.9. The molecule has 4 heteroatoms. The molecule has 0 bridgehead atoms. The van der Waals surface area contributed by atoms with Crippen LogP contribution in [0.15, 0.2) is 18.2 Å². The zero-order chi connectivity index (χ0) is 13.0. The first-order chi connectivity index (χ1) is 8.72. The van der Waals surface area contributed by atoms with Crippen LogP contribution in [0.2, 0.25) is 0 Å². The molecule has 0 spiro atoms. The molecule has 1 aromatic rings. The molecule has 100 valence electrons. The van der Waals surface area contributed by atoms with Crippen molar-refractivity contribution in [2.45, 2.75) is 25.4 Å². The minimum Gasteiger partial charge on any atom is -0.494 e. The number of methoxy groups -OCH3 is 1. The second-order valence-electron chi connectivity index (χ2n) is 4.81. The van der Waals surface area contributed by atoms with E-state index in [4.69, 9.17) is 4.74 Å². The van der Waals surface area contributed by atoms with Crippen molar-refractivity contribution in [3.05, 3.63) is 29.6 Å². The third-order valence-corrected chi connectivity index (χ3v) is 3.57. The molecule has 1 heterocycles. The van der Waals surface area contributed by atoms with Gasteiger partial charge in [0.15, 0.2) is 11.6 Å². The number of halogens is 1. The molecule has 0 amide bonds. The second kappa shape index (κ2) is 6.16. The van der Waals surface area contributed by atoms with Crippen LogP contribution in [-0.4, -0.2) is 31.4 Å². The van der Waals surface area contributed by atoms with Crippen molar-refractivity contribution < 1.29 is 14.2 Å². The highest BCUT2D eigenvalue weighted by molar-refractivity contribution is 5.31. The standard InChI is InChI=1S/C14H20FNO2/c1-18-13-6-2-4-10(14(13)15)8-12(17)11-5-3-7-16-9-11/h2,4,6,11-12,16-17H,3,5,7-9H2,1H3. The van der Waals surface area contributed by atoms with E-state index in [-0.39, 0.29) is 17.5 Å². The SMILES string of the molecule is COc1cccc(CC(O)C2CCCNC2)c1F. The van der Waals surface area contributed by atoms with Gasteiger partial charge >= 0.3 is 0 Å². The molecular formula is C14H20FNO2. The van der Waals surface area contributed by atoms with E-state index in [9.17, 15) is 9.50 Å². The van der Waals surface area contributed by atoms with Crippen molar-refractivity contribution in [3.63, 3.8) is 0 Å². The van der Waals surface area contributed by atoms with Crippen LogP contribution in [0.3, 0.4) is 0 Å². The zero-order valence-electron chi connectivity index (χ0n) is 10.7. The lowest BCUT2D eigenvalue weighted by Crippen LogP contribution is -2.37. The number of ether oxygens (including phenoxy) is 1. The third-order valence-electron chi connectivity index (χ3n) is 3.57. The molecule has 1 aliphatic heterocycles. The fourth-order valence-electron chi connectivity index (χ4n) is 2.47. The third kappa shape index (κ3) is 3.00. The molecule has 0 radical (unpaired) electrons. The topological polar surface area (TPSA) is 41.5 Å². The highest BCUT2D eigenvalue weighted by Crippen LogP contribution is 2.24. The smallest absolute Gasteiger partial charge is 0.168 e. The predicted octanol–water partition coefficient (Wildman–Crippen LogP) is 1.74. The maximum Gasteiger partial charge on any atom is 0.168 e. The van der Waals surface area contributed by atoms with E-state index in [1.807, 2.05) is 0 Å². The Kier molecular flexibility index (Phi) is 4.55. The average Bonchev–Trinajstić information content (AvgIpc) is 2.42. The molecule has 2 N–H and O–H groups in total. The highest BCUT2D eigenvalue weighted by Gasteiger charge is 2.23. The molecule has 3 nitrogen and oxygen atoms in total. The van der Waals surface area contributed by atoms with Gasteiger partial charge in [-0.25, -0.2) is 4.39 Å². The highest BCUT2D eigenvalue weighted by atomic mass is 19.1. The Morgan fingerprint density at radius 1 is 1.56 bits per heavy atom. The lowest BCUT2D eigenvalue weighted by molar-refractivity contribution is 0.0913. The van der Waals surface area contributed by atoms with Gasteiger partial charge in [-0.2, -0.15) is 0 Å². The van der Waals surface area contributed by atoms with E-state index in [1.54, 1.807) is 18.2 Å². The van der Waals surface area contributed by atoms with Crippen LogP contribution in [0, 0.1) is 11.7 Å². The lowest BCUT2D eigenvalue weighted by Gasteiger charge is -2.27. The van der Waals surface area contributed by atoms with E-state index in [1.165, 1.54) is 7.11 Å². The summed E-state index contributed by atoms with van der Waals surface area (Å²) in [6, 6.07) is 5.05. The summed E-state index contributed by atoms with van der Waals surface area (Å²) in [7, 11) is 1.45. The summed E-state index contributed by atoms with van der Waals surface area (Å²) < 4.78 is 18.9. The predicted molar refractivity (Wildman–Crippen MR) is 68.3 cm³/mol. The minimum atomic E-state index is -0.501. The van der Waals surface area contributed by atoms with Crippen molar-refractivity contribution in [2.75, 3.05) is 20.2 Å². The van der Waals surface area contributed by atoms with Crippen molar-refractivity contribution >= 4 is 0 Å². The van der Waals surface area contributed by atoms with Gasteiger partial charge in [0.05, 0.1) is 13.2 Å². The molecule has 18 heavy (non-hydrogen) atoms. The summed E-state index contributed by atoms with van der Waals surface area (Å²) in [6.07, 6.45) is 1.91. The number of aliphatic hydroxyl groups is 1. The number of piperidine rings is 1. The number of nitrogens with one attached hydrogen (secondary N) is 1. The van der Waals surface area contributed by atoms with E-state index in [0.717, 1.165) is 25.9 Å². The van der Waals surface area contributed by atoms with Gasteiger partial charge in [-0.3, -0.25) is 0 Å². The average molecular weight is 253 g/mol. The van der Waals surface area contributed by atoms with Gasteiger partial charge < -0.3 is 15.2 Å². The Balaban J connectivity index is 2.04. The van der Waals surface area contributed by atoms with Gasteiger partial charge in [-0.05, 0) is 36.9 Å². The van der Waals surface area contributed by atoms with Crippen LogP contribution in [0.4, 0.5) is 4.39 Å². The van der Waals surface area contributed by atoms with Gasteiger partial charge in [0.1, 0.15) is 0 Å². The van der Waals surface area contributed by atoms with Crippen LogP contribution >= 0.6 is 0 Å². The molecule has 2 rings (SSSR count). The molecule has 1 aromatic carbocycles. The Bertz CT molecular complexity index is 391. The summed E-state index contributed by atoms with van der Waals surface area (Å²) >= 11 is 0. The second-order valence-corrected chi connectivity index (χ2v) is 4.81. The Morgan fingerprint density at radius 3 is 3.06 bits per heavy atom. The zero-order valence-corrected chi connectivity index (χ0v) is 10.7. The molecular weight excluding hydrogens is 233 g/mol. The Hall–Kier alpha value is -1.13. The molecule has 1 saturated heterocycles. The molecule has 0 aromatic heterocycles. The number of hydrogen-bond acceptors (Lipinski definition) is 3. The Morgan fingerprint density at radius 2 is 2.39 bits per heavy atom. The quantitative estimate of drug-likeness (QED) is 0.858. The van der Waals surface area contributed by atoms with E-state index in [0.29, 0.717) is 12.0 Å². The number of aliphatic hydroxyl groups excluding tert-OH is 1. The largest absolute Gasteiger partial charge is 0.494 e. The first kappa shape index (κ1) is 13.3. The molecule has 0 saturated carbocycles. The molecule has 2 unspecified atom stereocenters. The van der Waals surface area contributed by atoms with Crippen LogP contribution in [0.1, 0.15) is 18.4 Å². The van der Waals surface area contributed by atoms with Gasteiger partial charge in [0.25, 0.3) is 0 Å². The van der Waals surface area contributed by atoms with Gasteiger partial charge in [0, 0.05) is 13.0 Å². The van der Waals surface area contributed by atoms with E-state index in [2.05, 4.69) is 5.32 Å². The van der Waals surface area contributed by atoms with Crippen LogP contribution < -0.4 is 10.1 Å². The first-order valence-corrected chi connectivity index (χ1v) is 6.42. The van der Waals surface area contributed by atoms with Gasteiger partial charge in [-0.1, -0.05) is 12.1 Å². The fraction of sp³-hybridized carbons (Fsp3) is 0.571. The maximum absolute atomic E-state index is 13.9. The van der Waals surface area contributed by atoms with Gasteiger partial charge in [0.2, 0.25) is 0 Å². The fourth-order valence-corrected chi connectivity index (χ4v) is 2.47. The normalized spacial score (nSPS) is 21.6. The van der Waals surface area contributed by atoms with E-state index >= 15 is 0 Å². The summed E-state index contributed by atoms with van der Waals surface area (Å²) in [5, 5.41) is 13.4. The molecule has 2 atom stereocenters. The number of rotatable bonds is 4. The minimum absolute atomic E-state index is 0.212. The summed E-state index contributed by atoms with van der Waals surface area (Å²) in [4.78, 5) is 0. The van der Waals surface area contributed by atoms with E-state index < -0.39 is 6.10 Å². The van der Waals surface area contributed by atoms with Gasteiger partial charge in [-0.15, -0.1) is 0 Å². The van der Waals surface area contributed by atoms with Crippen molar-refractivity contribution in [2.24, 2.45) is 5.92 Å². The van der Waals surface area contributed by atoms with Crippen molar-refractivity contribution in [1.29, 1.82) is 0 Å². The molecule has 1 aliphatic rings.